The van der Waals surface area contributed by atoms with Crippen molar-refractivity contribution in [1.29, 1.82) is 0 Å². The Labute approximate surface area is 139 Å². The van der Waals surface area contributed by atoms with Crippen molar-refractivity contribution >= 4 is 23.5 Å². The van der Waals surface area contributed by atoms with Gasteiger partial charge in [0.05, 0.1) is 5.75 Å². The topological polar surface area (TPSA) is 69.2 Å². The number of Topliss-reactive ketones (excluding diaryl/α,β-unsaturated/α-hetero) is 1. The van der Waals surface area contributed by atoms with Gasteiger partial charge < -0.3 is 4.74 Å². The van der Waals surface area contributed by atoms with Crippen LogP contribution in [0.1, 0.15) is 28.7 Å². The van der Waals surface area contributed by atoms with Gasteiger partial charge in [0.1, 0.15) is 0 Å². The van der Waals surface area contributed by atoms with Crippen molar-refractivity contribution in [1.82, 2.24) is 9.97 Å². The van der Waals surface area contributed by atoms with E-state index in [1.807, 2.05) is 26.0 Å². The lowest BCUT2D eigenvalue weighted by Gasteiger charge is -2.12. The van der Waals surface area contributed by atoms with Gasteiger partial charge in [0.15, 0.2) is 11.3 Å². The molecular weight excluding hydrogens is 312 g/mol. The third-order valence-electron chi connectivity index (χ3n) is 3.02. The van der Waals surface area contributed by atoms with E-state index in [1.165, 1.54) is 11.8 Å². The maximum Gasteiger partial charge on any atom is 0.317 e. The summed E-state index contributed by atoms with van der Waals surface area (Å²) in [5, 5.41) is 0.529. The fourth-order valence-electron chi connectivity index (χ4n) is 2.00. The van der Waals surface area contributed by atoms with E-state index >= 15 is 0 Å². The number of rotatable bonds is 6. The van der Waals surface area contributed by atoms with E-state index in [1.54, 1.807) is 31.2 Å². The monoisotopic (exact) mass is 330 g/mol. The molecule has 120 valence electrons. The van der Waals surface area contributed by atoms with Crippen molar-refractivity contribution in [3.8, 4) is 0 Å². The molecular formula is C17H18N2O3S. The maximum absolute atomic E-state index is 12.1. The standard InChI is InChI=1S/C17H18N2O3S/c1-11-9-12(2)19-17(18-11)23-10-15(20)22-13(3)16(21)14-7-5-4-6-8-14/h4-9,13H,10H2,1-3H3. The number of ketones is 1. The van der Waals surface area contributed by atoms with Crippen LogP contribution in [-0.2, 0) is 9.53 Å². The zero-order valence-corrected chi connectivity index (χ0v) is 14.1. The van der Waals surface area contributed by atoms with E-state index in [4.69, 9.17) is 4.74 Å². The molecule has 0 N–H and O–H groups in total. The number of carbonyl (C=O) groups excluding carboxylic acids is 2. The third-order valence-corrected chi connectivity index (χ3v) is 3.84. The second kappa shape index (κ2) is 7.87. The van der Waals surface area contributed by atoms with Crippen LogP contribution < -0.4 is 0 Å². The number of ether oxygens (including phenoxy) is 1. The molecule has 0 bridgehead atoms. The minimum atomic E-state index is -0.814. The molecule has 0 saturated heterocycles. The van der Waals surface area contributed by atoms with Crippen molar-refractivity contribution in [3.63, 3.8) is 0 Å². The van der Waals surface area contributed by atoms with Crippen LogP contribution in [0.2, 0.25) is 0 Å². The summed E-state index contributed by atoms with van der Waals surface area (Å²) in [6.07, 6.45) is -0.814. The highest BCUT2D eigenvalue weighted by Crippen LogP contribution is 2.15. The maximum atomic E-state index is 12.1. The molecule has 1 aromatic heterocycles. The molecule has 0 fully saturated rings. The molecule has 0 spiro atoms. The molecule has 2 rings (SSSR count). The molecule has 0 saturated carbocycles. The second-order valence-electron chi connectivity index (χ2n) is 5.08. The first-order valence-corrected chi connectivity index (χ1v) is 8.18. The van der Waals surface area contributed by atoms with Gasteiger partial charge in [-0.25, -0.2) is 9.97 Å². The molecule has 5 nitrogen and oxygen atoms in total. The van der Waals surface area contributed by atoms with Gasteiger partial charge in [-0.1, -0.05) is 42.1 Å². The number of aromatic nitrogens is 2. The Bertz CT molecular complexity index is 684. The number of esters is 1. The highest BCUT2D eigenvalue weighted by atomic mass is 32.2. The zero-order chi connectivity index (χ0) is 16.8. The summed E-state index contributed by atoms with van der Waals surface area (Å²) in [7, 11) is 0. The number of carbonyl (C=O) groups is 2. The Morgan fingerprint density at radius 3 is 2.35 bits per heavy atom. The van der Waals surface area contributed by atoms with Crippen LogP contribution >= 0.6 is 11.8 Å². The van der Waals surface area contributed by atoms with Crippen LogP contribution in [0, 0.1) is 13.8 Å². The molecule has 1 aromatic carbocycles. The van der Waals surface area contributed by atoms with Crippen LogP contribution in [-0.4, -0.2) is 33.6 Å². The van der Waals surface area contributed by atoms with Crippen molar-refractivity contribution < 1.29 is 14.3 Å². The summed E-state index contributed by atoms with van der Waals surface area (Å²) in [6, 6.07) is 10.6. The summed E-state index contributed by atoms with van der Waals surface area (Å²) in [5.41, 5.74) is 2.22. The van der Waals surface area contributed by atoms with Crippen molar-refractivity contribution in [3.05, 3.63) is 53.3 Å². The first-order chi connectivity index (χ1) is 11.0. The van der Waals surface area contributed by atoms with Gasteiger partial charge in [-0.15, -0.1) is 0 Å². The number of thioether (sulfide) groups is 1. The van der Waals surface area contributed by atoms with E-state index in [-0.39, 0.29) is 11.5 Å². The van der Waals surface area contributed by atoms with Crippen LogP contribution in [0.15, 0.2) is 41.6 Å². The van der Waals surface area contributed by atoms with Crippen molar-refractivity contribution in [2.24, 2.45) is 0 Å². The predicted molar refractivity (Wildman–Crippen MR) is 88.6 cm³/mol. The van der Waals surface area contributed by atoms with Gasteiger partial charge in [0, 0.05) is 17.0 Å². The number of nitrogens with zero attached hydrogens (tertiary/aromatic N) is 2. The molecule has 1 heterocycles. The first-order valence-electron chi connectivity index (χ1n) is 7.19. The fraction of sp³-hybridized carbons (Fsp3) is 0.294. The summed E-state index contributed by atoms with van der Waals surface area (Å²) in [6.45, 7) is 5.32. The first kappa shape index (κ1) is 17.1. The Morgan fingerprint density at radius 1 is 1.13 bits per heavy atom. The average Bonchev–Trinajstić information content (AvgIpc) is 2.52. The fourth-order valence-corrected chi connectivity index (χ4v) is 2.74. The number of aryl methyl sites for hydroxylation is 2. The van der Waals surface area contributed by atoms with Crippen molar-refractivity contribution in [2.45, 2.75) is 32.0 Å². The van der Waals surface area contributed by atoms with Crippen molar-refractivity contribution in [2.75, 3.05) is 5.75 Å². The minimum absolute atomic E-state index is 0.0648. The number of benzene rings is 1. The van der Waals surface area contributed by atoms with Crippen LogP contribution in [0.4, 0.5) is 0 Å². The average molecular weight is 330 g/mol. The van der Waals surface area contributed by atoms with Gasteiger partial charge in [-0.05, 0) is 26.8 Å². The van der Waals surface area contributed by atoms with Gasteiger partial charge >= 0.3 is 5.97 Å². The molecule has 0 amide bonds. The van der Waals surface area contributed by atoms with Crippen LogP contribution in [0.25, 0.3) is 0 Å². The minimum Gasteiger partial charge on any atom is -0.454 e. The van der Waals surface area contributed by atoms with Gasteiger partial charge in [-0.3, -0.25) is 9.59 Å². The molecule has 0 aliphatic carbocycles. The van der Waals surface area contributed by atoms with E-state index in [9.17, 15) is 9.59 Å². The smallest absolute Gasteiger partial charge is 0.317 e. The SMILES string of the molecule is Cc1cc(C)nc(SCC(=O)OC(C)C(=O)c2ccccc2)n1. The lowest BCUT2D eigenvalue weighted by atomic mass is 10.1. The Kier molecular flexibility index (Phi) is 5.87. The molecule has 1 atom stereocenters. The number of hydrogen-bond donors (Lipinski definition) is 0. The molecule has 0 radical (unpaired) electrons. The normalized spacial score (nSPS) is 11.8. The molecule has 0 aliphatic heterocycles. The van der Waals surface area contributed by atoms with Gasteiger partial charge in [-0.2, -0.15) is 0 Å². The highest BCUT2D eigenvalue weighted by molar-refractivity contribution is 7.99. The molecule has 1 unspecified atom stereocenters. The van der Waals surface area contributed by atoms with Crippen LogP contribution in [0.3, 0.4) is 0 Å². The largest absolute Gasteiger partial charge is 0.454 e. The number of hydrogen-bond acceptors (Lipinski definition) is 6. The van der Waals surface area contributed by atoms with E-state index < -0.39 is 12.1 Å². The lowest BCUT2D eigenvalue weighted by Crippen LogP contribution is -2.25. The van der Waals surface area contributed by atoms with E-state index in [0.29, 0.717) is 10.7 Å². The molecule has 0 aliphatic rings. The van der Waals surface area contributed by atoms with E-state index in [2.05, 4.69) is 9.97 Å². The van der Waals surface area contributed by atoms with Crippen LogP contribution in [0.5, 0.6) is 0 Å². The third kappa shape index (κ3) is 5.17. The lowest BCUT2D eigenvalue weighted by molar-refractivity contribution is -0.143. The van der Waals surface area contributed by atoms with Gasteiger partial charge in [0.25, 0.3) is 0 Å². The Morgan fingerprint density at radius 2 is 1.74 bits per heavy atom. The predicted octanol–water partition coefficient (Wildman–Crippen LogP) is 3.00. The Hall–Kier alpha value is -2.21. The van der Waals surface area contributed by atoms with Gasteiger partial charge in [0.2, 0.25) is 5.78 Å². The summed E-state index contributed by atoms with van der Waals surface area (Å²) in [5.74, 6) is -0.615. The molecule has 23 heavy (non-hydrogen) atoms. The summed E-state index contributed by atoms with van der Waals surface area (Å²) < 4.78 is 5.18. The zero-order valence-electron chi connectivity index (χ0n) is 13.3. The molecule has 6 heteroatoms. The highest BCUT2D eigenvalue weighted by Gasteiger charge is 2.19. The summed E-state index contributed by atoms with van der Waals surface area (Å²) in [4.78, 5) is 32.5. The van der Waals surface area contributed by atoms with E-state index in [0.717, 1.165) is 11.4 Å². The Balaban J connectivity index is 1.88. The summed E-state index contributed by atoms with van der Waals surface area (Å²) >= 11 is 1.20. The molecule has 2 aromatic rings. The second-order valence-corrected chi connectivity index (χ2v) is 6.03. The quantitative estimate of drug-likeness (QED) is 0.351.